The van der Waals surface area contributed by atoms with E-state index in [-0.39, 0.29) is 13.2 Å². The maximum atomic E-state index is 11.9. The molecule has 0 fully saturated rings. The Kier molecular flexibility index (Phi) is 6.52. The van der Waals surface area contributed by atoms with Crippen molar-refractivity contribution in [2.24, 2.45) is 0 Å². The Morgan fingerprint density at radius 2 is 1.43 bits per heavy atom. The van der Waals surface area contributed by atoms with Crippen LogP contribution in [0.15, 0.2) is 66.7 Å². The van der Waals surface area contributed by atoms with Crippen molar-refractivity contribution in [1.82, 2.24) is 0 Å². The van der Waals surface area contributed by atoms with Gasteiger partial charge in [-0.15, -0.1) is 0 Å². The molecule has 0 radical (unpaired) electrons. The van der Waals surface area contributed by atoms with Crippen LogP contribution in [0.5, 0.6) is 17.2 Å². The van der Waals surface area contributed by atoms with Crippen LogP contribution in [0.25, 0.3) is 16.8 Å². The van der Waals surface area contributed by atoms with Crippen LogP contribution in [0.3, 0.4) is 0 Å². The monoisotopic (exact) mass is 378 g/mol. The molecule has 0 atom stereocenters. The Morgan fingerprint density at radius 1 is 0.786 bits per heavy atom. The Hall–Kier alpha value is -3.47. The zero-order valence-electron chi connectivity index (χ0n) is 15.9. The number of benzene rings is 3. The highest BCUT2D eigenvalue weighted by molar-refractivity contribution is 5.90. The van der Waals surface area contributed by atoms with Crippen molar-refractivity contribution in [3.05, 3.63) is 72.3 Å². The van der Waals surface area contributed by atoms with E-state index < -0.39 is 5.97 Å². The van der Waals surface area contributed by atoms with Gasteiger partial charge in [-0.1, -0.05) is 18.2 Å². The zero-order valence-corrected chi connectivity index (χ0v) is 15.9. The molecule has 0 aliphatic carbocycles. The first-order valence-electron chi connectivity index (χ1n) is 8.87. The SMILES string of the molecule is COc1ccc(OCCOC(=O)/C=C/c2ccc3cc(OC)ccc3c2)cc1. The van der Waals surface area contributed by atoms with Crippen molar-refractivity contribution in [1.29, 1.82) is 0 Å². The standard InChI is InChI=1S/C23H22O5/c1-25-20-8-10-21(11-9-20)27-13-14-28-23(24)12-4-17-3-5-19-16-22(26-2)7-6-18(19)15-17/h3-12,15-16H,13-14H2,1-2H3/b12-4+. The van der Waals surface area contributed by atoms with Crippen LogP contribution in [0.4, 0.5) is 0 Å². The molecule has 0 spiro atoms. The lowest BCUT2D eigenvalue weighted by molar-refractivity contribution is -0.138. The number of fused-ring (bicyclic) bond motifs is 1. The van der Waals surface area contributed by atoms with Gasteiger partial charge in [0.15, 0.2) is 0 Å². The number of rotatable bonds is 8. The summed E-state index contributed by atoms with van der Waals surface area (Å²) in [4.78, 5) is 11.9. The van der Waals surface area contributed by atoms with Gasteiger partial charge >= 0.3 is 5.97 Å². The van der Waals surface area contributed by atoms with Crippen molar-refractivity contribution in [2.45, 2.75) is 0 Å². The molecule has 0 saturated carbocycles. The van der Waals surface area contributed by atoms with Crippen molar-refractivity contribution >= 4 is 22.8 Å². The molecule has 0 bridgehead atoms. The molecule has 5 heteroatoms. The van der Waals surface area contributed by atoms with Gasteiger partial charge in [0.25, 0.3) is 0 Å². The van der Waals surface area contributed by atoms with Crippen molar-refractivity contribution in [3.63, 3.8) is 0 Å². The highest BCUT2D eigenvalue weighted by Crippen LogP contribution is 2.22. The summed E-state index contributed by atoms with van der Waals surface area (Å²) in [5.74, 6) is 1.86. The summed E-state index contributed by atoms with van der Waals surface area (Å²) in [5.41, 5.74) is 0.920. The van der Waals surface area contributed by atoms with E-state index in [4.69, 9.17) is 18.9 Å². The minimum absolute atomic E-state index is 0.173. The Balaban J connectivity index is 1.47. The van der Waals surface area contributed by atoms with Gasteiger partial charge in [0.05, 0.1) is 14.2 Å². The van der Waals surface area contributed by atoms with E-state index in [9.17, 15) is 4.79 Å². The highest BCUT2D eigenvalue weighted by Gasteiger charge is 2.01. The molecule has 0 unspecified atom stereocenters. The van der Waals surface area contributed by atoms with Gasteiger partial charge in [0.1, 0.15) is 30.5 Å². The fourth-order valence-electron chi connectivity index (χ4n) is 2.66. The molecule has 0 aliphatic rings. The van der Waals surface area contributed by atoms with Crippen LogP contribution in [0, 0.1) is 0 Å². The Morgan fingerprint density at radius 3 is 2.18 bits per heavy atom. The maximum absolute atomic E-state index is 11.9. The summed E-state index contributed by atoms with van der Waals surface area (Å²) >= 11 is 0. The van der Waals surface area contributed by atoms with Gasteiger partial charge in [0, 0.05) is 6.08 Å². The summed E-state index contributed by atoms with van der Waals surface area (Å²) in [6, 6.07) is 19.0. The average molecular weight is 378 g/mol. The van der Waals surface area contributed by atoms with E-state index >= 15 is 0 Å². The van der Waals surface area contributed by atoms with E-state index in [1.165, 1.54) is 6.08 Å². The van der Waals surface area contributed by atoms with Crippen molar-refractivity contribution < 1.29 is 23.7 Å². The molecule has 5 nitrogen and oxygen atoms in total. The molecule has 0 aromatic heterocycles. The lowest BCUT2D eigenvalue weighted by atomic mass is 10.1. The fourth-order valence-corrected chi connectivity index (χ4v) is 2.66. The van der Waals surface area contributed by atoms with Crippen LogP contribution in [-0.2, 0) is 9.53 Å². The number of esters is 1. The molecular weight excluding hydrogens is 356 g/mol. The van der Waals surface area contributed by atoms with Crippen LogP contribution in [0.2, 0.25) is 0 Å². The predicted molar refractivity (Wildman–Crippen MR) is 109 cm³/mol. The molecule has 0 amide bonds. The van der Waals surface area contributed by atoms with Gasteiger partial charge in [0.2, 0.25) is 0 Å². The molecular formula is C23H22O5. The van der Waals surface area contributed by atoms with E-state index in [2.05, 4.69) is 0 Å². The molecule has 0 heterocycles. The van der Waals surface area contributed by atoms with Crippen LogP contribution < -0.4 is 14.2 Å². The zero-order chi connectivity index (χ0) is 19.8. The lowest BCUT2D eigenvalue weighted by Gasteiger charge is -2.07. The van der Waals surface area contributed by atoms with E-state index in [1.54, 1.807) is 32.4 Å². The molecule has 3 aromatic rings. The molecule has 0 N–H and O–H groups in total. The number of hydrogen-bond donors (Lipinski definition) is 0. The van der Waals surface area contributed by atoms with Gasteiger partial charge < -0.3 is 18.9 Å². The first kappa shape index (κ1) is 19.3. The number of ether oxygens (including phenoxy) is 4. The highest BCUT2D eigenvalue weighted by atomic mass is 16.6. The van der Waals surface area contributed by atoms with Gasteiger partial charge in [-0.3, -0.25) is 0 Å². The quantitative estimate of drug-likeness (QED) is 0.328. The third kappa shape index (κ3) is 5.27. The lowest BCUT2D eigenvalue weighted by Crippen LogP contribution is -2.10. The minimum Gasteiger partial charge on any atom is -0.497 e. The van der Waals surface area contributed by atoms with Crippen molar-refractivity contribution in [2.75, 3.05) is 27.4 Å². The largest absolute Gasteiger partial charge is 0.497 e. The number of methoxy groups -OCH3 is 2. The molecule has 0 aliphatic heterocycles. The van der Waals surface area contributed by atoms with Crippen LogP contribution >= 0.6 is 0 Å². The summed E-state index contributed by atoms with van der Waals surface area (Å²) in [7, 11) is 3.25. The maximum Gasteiger partial charge on any atom is 0.330 e. The second kappa shape index (κ2) is 9.46. The Labute approximate surface area is 164 Å². The first-order valence-corrected chi connectivity index (χ1v) is 8.87. The third-order valence-corrected chi connectivity index (χ3v) is 4.14. The van der Waals surface area contributed by atoms with Gasteiger partial charge in [-0.2, -0.15) is 0 Å². The average Bonchev–Trinajstić information content (AvgIpc) is 2.75. The summed E-state index contributed by atoms with van der Waals surface area (Å²) < 4.78 is 21.0. The molecule has 0 saturated heterocycles. The first-order chi connectivity index (χ1) is 13.7. The summed E-state index contributed by atoms with van der Waals surface area (Å²) in [5, 5.41) is 2.15. The minimum atomic E-state index is -0.409. The number of carbonyl (C=O) groups is 1. The summed E-state index contributed by atoms with van der Waals surface area (Å²) in [6.07, 6.45) is 3.15. The van der Waals surface area contributed by atoms with Gasteiger partial charge in [-0.25, -0.2) is 4.79 Å². The predicted octanol–water partition coefficient (Wildman–Crippen LogP) is 4.49. The number of carbonyl (C=O) groups excluding carboxylic acids is 1. The smallest absolute Gasteiger partial charge is 0.330 e. The summed E-state index contributed by atoms with van der Waals surface area (Å²) in [6.45, 7) is 0.455. The van der Waals surface area contributed by atoms with Gasteiger partial charge in [-0.05, 0) is 64.9 Å². The normalized spacial score (nSPS) is 10.8. The van der Waals surface area contributed by atoms with E-state index in [0.29, 0.717) is 5.75 Å². The number of hydrogen-bond acceptors (Lipinski definition) is 5. The molecule has 3 rings (SSSR count). The second-order valence-electron chi connectivity index (χ2n) is 6.00. The second-order valence-corrected chi connectivity index (χ2v) is 6.00. The van der Waals surface area contributed by atoms with Crippen LogP contribution in [0.1, 0.15) is 5.56 Å². The third-order valence-electron chi connectivity index (χ3n) is 4.14. The van der Waals surface area contributed by atoms with Crippen LogP contribution in [-0.4, -0.2) is 33.4 Å². The topological polar surface area (TPSA) is 54.0 Å². The van der Waals surface area contributed by atoms with E-state index in [0.717, 1.165) is 27.8 Å². The Bertz CT molecular complexity index is 960. The molecule has 144 valence electrons. The fraction of sp³-hybridized carbons (Fsp3) is 0.174. The van der Waals surface area contributed by atoms with Crippen molar-refractivity contribution in [3.8, 4) is 17.2 Å². The molecule has 3 aromatic carbocycles. The van der Waals surface area contributed by atoms with E-state index in [1.807, 2.05) is 48.5 Å². The molecule has 28 heavy (non-hydrogen) atoms.